The summed E-state index contributed by atoms with van der Waals surface area (Å²) in [6.07, 6.45) is -0.390. The van der Waals surface area contributed by atoms with Crippen LogP contribution in [0.2, 0.25) is 0 Å². The number of carbonyl (C=O) groups is 3. The quantitative estimate of drug-likeness (QED) is 0.825. The maximum Gasteiger partial charge on any atom is 0.417 e. The number of carbonyl (C=O) groups excluding carboxylic acids is 3. The largest absolute Gasteiger partial charge is 0.439 e. The van der Waals surface area contributed by atoms with Crippen LogP contribution in [0.3, 0.4) is 0 Å². The van der Waals surface area contributed by atoms with Gasteiger partial charge in [-0.25, -0.2) is 14.1 Å². The minimum atomic E-state index is -0.610. The van der Waals surface area contributed by atoms with E-state index in [1.54, 1.807) is 17.0 Å². The first-order chi connectivity index (χ1) is 10.5. The number of ether oxygens (including phenoxy) is 1. The van der Waals surface area contributed by atoms with Gasteiger partial charge in [0.05, 0.1) is 6.42 Å². The standard InChI is InChI=1S/C15H15FN2O4/c16-12-3-1-10(2-4-12)5-13(19)17-6-11(7-17)8-18-14(20)9-22-15(18)21/h1-4,11H,5-9H2. The van der Waals surface area contributed by atoms with E-state index in [2.05, 4.69) is 4.74 Å². The van der Waals surface area contributed by atoms with Gasteiger partial charge in [-0.1, -0.05) is 12.1 Å². The summed E-state index contributed by atoms with van der Waals surface area (Å²) < 4.78 is 17.4. The maximum atomic E-state index is 12.8. The molecule has 3 rings (SSSR count). The van der Waals surface area contributed by atoms with Crippen LogP contribution in [0, 0.1) is 11.7 Å². The highest BCUT2D eigenvalue weighted by molar-refractivity contribution is 5.97. The molecule has 0 aromatic heterocycles. The van der Waals surface area contributed by atoms with Crippen LogP contribution in [0.4, 0.5) is 9.18 Å². The van der Waals surface area contributed by atoms with E-state index in [4.69, 9.17) is 0 Å². The Hall–Kier alpha value is -2.44. The van der Waals surface area contributed by atoms with Crippen molar-refractivity contribution in [2.45, 2.75) is 6.42 Å². The molecule has 0 aliphatic carbocycles. The van der Waals surface area contributed by atoms with Crippen LogP contribution in [-0.2, 0) is 20.7 Å². The summed E-state index contributed by atoms with van der Waals surface area (Å²) >= 11 is 0. The van der Waals surface area contributed by atoms with Gasteiger partial charge in [-0.3, -0.25) is 9.59 Å². The Bertz CT molecular complexity index is 594. The normalized spacial score (nSPS) is 18.4. The first kappa shape index (κ1) is 14.5. The number of cyclic esters (lactones) is 1. The molecule has 0 bridgehead atoms. The zero-order valence-electron chi connectivity index (χ0n) is 11.8. The second-order valence-corrected chi connectivity index (χ2v) is 5.53. The van der Waals surface area contributed by atoms with Crippen molar-refractivity contribution in [3.05, 3.63) is 35.6 Å². The van der Waals surface area contributed by atoms with Crippen LogP contribution in [0.5, 0.6) is 0 Å². The van der Waals surface area contributed by atoms with Gasteiger partial charge >= 0.3 is 6.09 Å². The molecule has 2 aliphatic rings. The van der Waals surface area contributed by atoms with Crippen molar-refractivity contribution in [3.63, 3.8) is 0 Å². The second-order valence-electron chi connectivity index (χ2n) is 5.53. The third-order valence-corrected chi connectivity index (χ3v) is 3.86. The molecule has 2 saturated heterocycles. The van der Waals surface area contributed by atoms with Crippen molar-refractivity contribution < 1.29 is 23.5 Å². The summed E-state index contributed by atoms with van der Waals surface area (Å²) in [6.45, 7) is 1.12. The lowest BCUT2D eigenvalue weighted by molar-refractivity contribution is -0.137. The molecule has 0 spiro atoms. The van der Waals surface area contributed by atoms with Crippen LogP contribution in [0.15, 0.2) is 24.3 Å². The van der Waals surface area contributed by atoms with Gasteiger partial charge in [0.15, 0.2) is 6.61 Å². The maximum absolute atomic E-state index is 12.8. The lowest BCUT2D eigenvalue weighted by Crippen LogP contribution is -2.54. The van der Waals surface area contributed by atoms with E-state index in [-0.39, 0.29) is 43.1 Å². The fourth-order valence-corrected chi connectivity index (χ4v) is 2.59. The molecule has 2 aliphatic heterocycles. The summed E-state index contributed by atoms with van der Waals surface area (Å²) in [4.78, 5) is 37.5. The molecule has 0 atom stereocenters. The molecule has 0 N–H and O–H groups in total. The first-order valence-corrected chi connectivity index (χ1v) is 7.02. The molecule has 1 aromatic carbocycles. The van der Waals surface area contributed by atoms with Crippen molar-refractivity contribution in [3.8, 4) is 0 Å². The van der Waals surface area contributed by atoms with E-state index in [0.717, 1.165) is 10.5 Å². The van der Waals surface area contributed by atoms with Gasteiger partial charge < -0.3 is 9.64 Å². The van der Waals surface area contributed by atoms with Crippen LogP contribution >= 0.6 is 0 Å². The van der Waals surface area contributed by atoms with Crippen molar-refractivity contribution in [2.24, 2.45) is 5.92 Å². The molecule has 3 amide bonds. The zero-order valence-corrected chi connectivity index (χ0v) is 11.8. The van der Waals surface area contributed by atoms with Crippen molar-refractivity contribution in [1.82, 2.24) is 9.80 Å². The molecule has 2 fully saturated rings. The van der Waals surface area contributed by atoms with Gasteiger partial charge in [-0.15, -0.1) is 0 Å². The predicted molar refractivity (Wildman–Crippen MR) is 73.2 cm³/mol. The number of imide groups is 1. The lowest BCUT2D eigenvalue weighted by atomic mass is 9.98. The van der Waals surface area contributed by atoms with Crippen LogP contribution in [0.1, 0.15) is 5.56 Å². The fraction of sp³-hybridized carbons (Fsp3) is 0.400. The average Bonchev–Trinajstić information content (AvgIpc) is 2.75. The molecule has 22 heavy (non-hydrogen) atoms. The molecule has 116 valence electrons. The summed E-state index contributed by atoms with van der Waals surface area (Å²) in [6, 6.07) is 5.82. The summed E-state index contributed by atoms with van der Waals surface area (Å²) in [7, 11) is 0. The second kappa shape index (κ2) is 5.75. The van der Waals surface area contributed by atoms with Crippen LogP contribution < -0.4 is 0 Å². The van der Waals surface area contributed by atoms with E-state index >= 15 is 0 Å². The number of benzene rings is 1. The van der Waals surface area contributed by atoms with E-state index in [0.29, 0.717) is 13.1 Å². The highest BCUT2D eigenvalue weighted by Gasteiger charge is 2.38. The molecule has 0 saturated carbocycles. The predicted octanol–water partition coefficient (Wildman–Crippen LogP) is 0.805. The Balaban J connectivity index is 1.46. The third-order valence-electron chi connectivity index (χ3n) is 3.86. The monoisotopic (exact) mass is 306 g/mol. The lowest BCUT2D eigenvalue weighted by Gasteiger charge is -2.40. The number of nitrogens with zero attached hydrogens (tertiary/aromatic N) is 2. The van der Waals surface area contributed by atoms with Gasteiger partial charge in [-0.05, 0) is 17.7 Å². The molecule has 2 heterocycles. The fourth-order valence-electron chi connectivity index (χ4n) is 2.59. The molecular weight excluding hydrogens is 291 g/mol. The van der Waals surface area contributed by atoms with Crippen molar-refractivity contribution in [2.75, 3.05) is 26.2 Å². The van der Waals surface area contributed by atoms with Gasteiger partial charge in [0.25, 0.3) is 5.91 Å². The third kappa shape index (κ3) is 2.93. The highest BCUT2D eigenvalue weighted by Crippen LogP contribution is 2.20. The van der Waals surface area contributed by atoms with Gasteiger partial charge in [0.1, 0.15) is 5.82 Å². The highest BCUT2D eigenvalue weighted by atomic mass is 19.1. The number of rotatable bonds is 4. The summed E-state index contributed by atoms with van der Waals surface area (Å²) in [5.41, 5.74) is 0.758. The van der Waals surface area contributed by atoms with Crippen LogP contribution in [0.25, 0.3) is 0 Å². The smallest absolute Gasteiger partial charge is 0.417 e. The Kier molecular flexibility index (Phi) is 3.79. The summed E-state index contributed by atoms with van der Waals surface area (Å²) in [5, 5.41) is 0. The topological polar surface area (TPSA) is 66.9 Å². The molecule has 6 nitrogen and oxygen atoms in total. The van der Waals surface area contributed by atoms with Crippen LogP contribution in [-0.4, -0.2) is 53.9 Å². The first-order valence-electron chi connectivity index (χ1n) is 7.02. The molecule has 0 unspecified atom stereocenters. The summed E-state index contributed by atoms with van der Waals surface area (Å²) in [5.74, 6) is -0.617. The zero-order chi connectivity index (χ0) is 15.7. The van der Waals surface area contributed by atoms with Gasteiger partial charge in [-0.2, -0.15) is 0 Å². The SMILES string of the molecule is O=C(Cc1ccc(F)cc1)N1CC(CN2C(=O)COC2=O)C1. The average molecular weight is 306 g/mol. The number of halogens is 1. The Morgan fingerprint density at radius 3 is 2.50 bits per heavy atom. The van der Waals surface area contributed by atoms with Gasteiger partial charge in [0.2, 0.25) is 5.91 Å². The van der Waals surface area contributed by atoms with E-state index < -0.39 is 6.09 Å². The Morgan fingerprint density at radius 1 is 1.23 bits per heavy atom. The minimum Gasteiger partial charge on any atom is -0.439 e. The van der Waals surface area contributed by atoms with E-state index in [1.807, 2.05) is 0 Å². The number of amides is 3. The number of likely N-dealkylation sites (tertiary alicyclic amines) is 1. The Labute approximate surface area is 126 Å². The van der Waals surface area contributed by atoms with E-state index in [1.165, 1.54) is 12.1 Å². The van der Waals surface area contributed by atoms with E-state index in [9.17, 15) is 18.8 Å². The van der Waals surface area contributed by atoms with Gasteiger partial charge in [0, 0.05) is 25.6 Å². The molecule has 7 heteroatoms. The number of hydrogen-bond donors (Lipinski definition) is 0. The number of hydrogen-bond acceptors (Lipinski definition) is 4. The van der Waals surface area contributed by atoms with Crippen molar-refractivity contribution in [1.29, 1.82) is 0 Å². The molecular formula is C15H15FN2O4. The Morgan fingerprint density at radius 2 is 1.91 bits per heavy atom. The minimum absolute atomic E-state index is 0.0433. The van der Waals surface area contributed by atoms with Crippen molar-refractivity contribution >= 4 is 17.9 Å². The molecule has 0 radical (unpaired) electrons. The molecule has 1 aromatic rings.